The molecule has 0 saturated carbocycles. The molecule has 0 amide bonds. The maximum atomic E-state index is 13.9. The van der Waals surface area contributed by atoms with E-state index >= 15 is 0 Å². The van der Waals surface area contributed by atoms with Crippen LogP contribution in [0.2, 0.25) is 8.26 Å². The molecule has 16 heteroatoms. The summed E-state index contributed by atoms with van der Waals surface area (Å²) in [6, 6.07) is 13.2. The van der Waals surface area contributed by atoms with Crippen LogP contribution < -0.4 is 0 Å². The molecule has 0 nitrogen and oxygen atoms in total. The molecule has 4 aromatic rings. The quantitative estimate of drug-likeness (QED) is 0.128. The third-order valence-corrected chi connectivity index (χ3v) is 42.9. The molecule has 0 heterocycles. The molecule has 0 aromatic heterocycles. The molecule has 2 atom stereocenters. The van der Waals surface area contributed by atoms with Crippen molar-refractivity contribution in [2.24, 2.45) is 0 Å². The number of allylic oxidation sites excluding steroid dienone is 2. The third kappa shape index (κ3) is 8.10. The van der Waals surface area contributed by atoms with Crippen molar-refractivity contribution in [1.29, 1.82) is 0 Å². The van der Waals surface area contributed by atoms with Gasteiger partial charge in [-0.2, -0.15) is 0 Å². The van der Waals surface area contributed by atoms with Gasteiger partial charge < -0.3 is 0 Å². The first-order valence-corrected chi connectivity index (χ1v) is 29.9. The first kappa shape index (κ1) is 46.9. The van der Waals surface area contributed by atoms with Gasteiger partial charge in [0.2, 0.25) is 0 Å². The van der Waals surface area contributed by atoms with Crippen LogP contribution in [0, 0.1) is 0 Å². The van der Waals surface area contributed by atoms with E-state index in [1.165, 1.54) is 12.1 Å². The maximum Gasteiger partial charge on any atom is -0.147 e. The third-order valence-electron chi connectivity index (χ3n) is 12.0. The fraction of sp³-hybridized carbons (Fsp3) is 0.317. The van der Waals surface area contributed by atoms with Gasteiger partial charge in [0.1, 0.15) is 0 Å². The summed E-state index contributed by atoms with van der Waals surface area (Å²) < 4.78 is 168. The fourth-order valence-electron chi connectivity index (χ4n) is 9.23. The van der Waals surface area contributed by atoms with Crippen molar-refractivity contribution < 1.29 is 70.1 Å². The molecule has 308 valence electrons. The monoisotopic (exact) mass is 946 g/mol. The van der Waals surface area contributed by atoms with Gasteiger partial charge in [0.05, 0.1) is 0 Å². The van der Waals surface area contributed by atoms with Crippen molar-refractivity contribution in [2.75, 3.05) is 0 Å². The summed E-state index contributed by atoms with van der Waals surface area (Å²) in [5.74, 6) is 0. The summed E-state index contributed by atoms with van der Waals surface area (Å²) in [7, 11) is 0. The number of fused-ring (bicyclic) bond motifs is 2. The Morgan fingerprint density at radius 2 is 0.877 bits per heavy atom. The second-order valence-electron chi connectivity index (χ2n) is 14.9. The van der Waals surface area contributed by atoms with Crippen molar-refractivity contribution in [3.63, 3.8) is 0 Å². The summed E-state index contributed by atoms with van der Waals surface area (Å²) in [5, 5.41) is 0. The van der Waals surface area contributed by atoms with Crippen molar-refractivity contribution in [3.05, 3.63) is 128 Å². The molecule has 0 aliphatic heterocycles. The summed E-state index contributed by atoms with van der Waals surface area (Å²) in [5.41, 5.74) is -1.13. The molecule has 6 rings (SSSR count). The van der Waals surface area contributed by atoms with Gasteiger partial charge in [-0.3, -0.25) is 0 Å². The number of alkyl halides is 12. The molecule has 2 unspecified atom stereocenters. The Morgan fingerprint density at radius 3 is 1.21 bits per heavy atom. The Kier molecular flexibility index (Phi) is 12.9. The van der Waals surface area contributed by atoms with E-state index in [0.717, 1.165) is 46.5 Å². The van der Waals surface area contributed by atoms with Gasteiger partial charge >= 0.3 is 314 Å². The van der Waals surface area contributed by atoms with Gasteiger partial charge in [0.25, 0.3) is 0 Å². The van der Waals surface area contributed by atoms with Gasteiger partial charge in [0, 0.05) is 0 Å². The molecule has 0 saturated heterocycles. The minimum atomic E-state index is -5.04. The molecule has 0 N–H and O–H groups in total. The van der Waals surface area contributed by atoms with E-state index in [1.807, 2.05) is 45.0 Å². The van der Waals surface area contributed by atoms with Crippen LogP contribution in [0.4, 0.5) is 52.7 Å². The van der Waals surface area contributed by atoms with Crippen LogP contribution in [-0.4, -0.2) is 6.88 Å². The summed E-state index contributed by atoms with van der Waals surface area (Å²) in [6.45, 7) is 9.99. The average molecular weight is 949 g/mol. The molecule has 0 fully saturated rings. The normalized spacial score (nSPS) is 17.3. The van der Waals surface area contributed by atoms with E-state index < -0.39 is 64.4 Å². The van der Waals surface area contributed by atoms with E-state index in [1.54, 1.807) is 12.1 Å². The van der Waals surface area contributed by atoms with Crippen molar-refractivity contribution in [1.82, 2.24) is 0 Å². The number of halogens is 14. The minimum absolute atomic E-state index is 0. The molecular formula is C41H38Cl2F12SiZr. The zero-order valence-electron chi connectivity index (χ0n) is 30.9. The predicted molar refractivity (Wildman–Crippen MR) is 205 cm³/mol. The van der Waals surface area contributed by atoms with Crippen LogP contribution in [0.5, 0.6) is 0 Å². The van der Waals surface area contributed by atoms with Crippen LogP contribution in [0.3, 0.4) is 0 Å². The second-order valence-corrected chi connectivity index (χ2v) is 42.5. The van der Waals surface area contributed by atoms with Crippen molar-refractivity contribution in [2.45, 2.75) is 74.3 Å². The van der Waals surface area contributed by atoms with Gasteiger partial charge in [-0.25, -0.2) is 0 Å². The van der Waals surface area contributed by atoms with Crippen molar-refractivity contribution >= 4 is 43.8 Å². The van der Waals surface area contributed by atoms with Gasteiger partial charge in [-0.15, -0.1) is 24.8 Å². The number of hydrogen-bond donors (Lipinski definition) is 0. The van der Waals surface area contributed by atoms with Gasteiger partial charge in [-0.1, -0.05) is 0 Å². The molecule has 0 bridgehead atoms. The van der Waals surface area contributed by atoms with Crippen LogP contribution in [0.1, 0.15) is 85.9 Å². The molecule has 4 aromatic carbocycles. The van der Waals surface area contributed by atoms with Gasteiger partial charge in [0.15, 0.2) is 0 Å². The Morgan fingerprint density at radius 1 is 0.526 bits per heavy atom. The van der Waals surface area contributed by atoms with E-state index in [0.29, 0.717) is 25.8 Å². The smallest absolute Gasteiger partial charge is 0.147 e. The van der Waals surface area contributed by atoms with E-state index in [4.69, 9.17) is 0 Å². The largest absolute Gasteiger partial charge is 0.147 e. The molecule has 0 spiro atoms. The fourth-order valence-corrected chi connectivity index (χ4v) is 33.1. The standard InChI is InChI=1S/C19H13F6.C18H11F6.2C2H5.2ClH.H2Si.Zr/c1-2-11-6-12-4-3-5-16(17(12)7-11)13-8-14(18(20,21)22)10-15(9-13)19(23,24)25;1-10-5-11-3-2-4-15(16(11)6-10)12-7-13(17(19,20)21)9-14(8-12)18(22,23)24;2*1-2;;;;/h3-10H,2H2,1H3;2-9H,1H3;2*1H2,2H3;2*1H;1H2;. The Labute approximate surface area is 337 Å². The molecular weight excluding hydrogens is 911 g/mol. The topological polar surface area (TPSA) is 0 Å². The number of rotatable bonds is 7. The maximum absolute atomic E-state index is 13.9. The molecule has 0 radical (unpaired) electrons. The first-order valence-electron chi connectivity index (χ1n) is 17.6. The van der Waals surface area contributed by atoms with E-state index in [9.17, 15) is 52.7 Å². The zero-order chi connectivity index (χ0) is 40.7. The summed E-state index contributed by atoms with van der Waals surface area (Å²) in [6.07, 6.45) is -15.9. The first-order chi connectivity index (χ1) is 25.4. The van der Waals surface area contributed by atoms with Crippen LogP contribution in [0.25, 0.3) is 34.4 Å². The average Bonchev–Trinajstić information content (AvgIpc) is 3.68. The molecule has 57 heavy (non-hydrogen) atoms. The molecule has 2 aliphatic carbocycles. The van der Waals surface area contributed by atoms with E-state index in [-0.39, 0.29) is 66.5 Å². The number of benzene rings is 4. The summed E-state index contributed by atoms with van der Waals surface area (Å²) >= 11 is -4.58. The zero-order valence-corrected chi connectivity index (χ0v) is 36.4. The Balaban J connectivity index is 0.00000360. The van der Waals surface area contributed by atoms with Crippen molar-refractivity contribution in [3.8, 4) is 22.3 Å². The Hall–Kier alpha value is -2.80. The van der Waals surface area contributed by atoms with Gasteiger partial charge in [-0.05, 0) is 0 Å². The van der Waals surface area contributed by atoms with Crippen LogP contribution >= 0.6 is 24.8 Å². The minimum Gasteiger partial charge on any atom is -0.147 e. The number of hydrogen-bond acceptors (Lipinski definition) is 0. The Bertz CT molecular complexity index is 2260. The van der Waals surface area contributed by atoms with Crippen LogP contribution in [0.15, 0.2) is 83.9 Å². The predicted octanol–water partition coefficient (Wildman–Crippen LogP) is 15.1. The van der Waals surface area contributed by atoms with Crippen LogP contribution in [-0.2, 0) is 42.1 Å². The van der Waals surface area contributed by atoms with E-state index in [2.05, 4.69) is 13.8 Å². The second kappa shape index (κ2) is 15.7. The summed E-state index contributed by atoms with van der Waals surface area (Å²) in [4.78, 5) is 0. The molecule has 2 aliphatic rings. The SMILES string of the molecule is CCC1=Cc2c(-c3cc(C(F)(F)F)cc(C(F)(F)F)c3)cccc2[CH]1[Zr](=[SiH2])([CH2]C)([CH2]C)[CH]1C(C)=Cc2c(-c3cc(C(F)(F)F)cc(C(F)(F)F)c3)cccc21.Cl.Cl.